The molecule has 138 valence electrons. The molecule has 3 nitrogen and oxygen atoms in total. The minimum atomic E-state index is -0.251. The molecule has 1 amide bonds. The van der Waals surface area contributed by atoms with E-state index >= 15 is 0 Å². The van der Waals surface area contributed by atoms with Crippen molar-refractivity contribution in [2.75, 3.05) is 11.4 Å². The van der Waals surface area contributed by atoms with Crippen molar-refractivity contribution in [3.05, 3.63) is 90.0 Å². The molecule has 3 aromatic rings. The largest absolute Gasteiger partial charge is 0.368 e. The summed E-state index contributed by atoms with van der Waals surface area (Å²) in [5, 5.41) is 0. The summed E-state index contributed by atoms with van der Waals surface area (Å²) < 4.78 is 0. The smallest absolute Gasteiger partial charge is 0.240 e. The van der Waals surface area contributed by atoms with Crippen molar-refractivity contribution in [2.45, 2.75) is 18.9 Å². The third-order valence-electron chi connectivity index (χ3n) is 5.13. The Morgan fingerprint density at radius 2 is 1.61 bits per heavy atom. The van der Waals surface area contributed by atoms with Gasteiger partial charge in [-0.05, 0) is 54.3 Å². The fraction of sp³-hybridized carbons (Fsp3) is 0.160. The number of nitrogens with zero attached hydrogens (tertiary/aromatic N) is 1. The van der Waals surface area contributed by atoms with Crippen LogP contribution in [-0.2, 0) is 4.79 Å². The highest BCUT2D eigenvalue weighted by molar-refractivity contribution is 5.84. The highest BCUT2D eigenvalue weighted by Crippen LogP contribution is 2.26. The second kappa shape index (κ2) is 8.02. The zero-order valence-electron chi connectivity index (χ0n) is 15.6. The van der Waals surface area contributed by atoms with Crippen LogP contribution in [0.1, 0.15) is 24.0 Å². The van der Waals surface area contributed by atoms with Crippen molar-refractivity contribution in [3.8, 4) is 23.0 Å². The lowest BCUT2D eigenvalue weighted by Gasteiger charge is -2.24. The van der Waals surface area contributed by atoms with Gasteiger partial charge in [0.15, 0.2) is 0 Å². The van der Waals surface area contributed by atoms with Gasteiger partial charge in [-0.3, -0.25) is 4.79 Å². The van der Waals surface area contributed by atoms with Crippen molar-refractivity contribution in [1.29, 1.82) is 0 Å². The van der Waals surface area contributed by atoms with E-state index in [0.717, 1.165) is 47.3 Å². The molecule has 1 heterocycles. The number of hydrogen-bond acceptors (Lipinski definition) is 2. The van der Waals surface area contributed by atoms with Gasteiger partial charge in [-0.1, -0.05) is 60.4 Å². The van der Waals surface area contributed by atoms with Gasteiger partial charge in [0.25, 0.3) is 0 Å². The first-order valence-corrected chi connectivity index (χ1v) is 9.55. The molecule has 1 aliphatic rings. The number of carbonyl (C=O) groups is 1. The molecule has 1 atom stereocenters. The third-order valence-corrected chi connectivity index (χ3v) is 5.13. The molecular weight excluding hydrogens is 344 g/mol. The van der Waals surface area contributed by atoms with E-state index in [9.17, 15) is 4.79 Å². The average Bonchev–Trinajstić information content (AvgIpc) is 3.24. The zero-order valence-corrected chi connectivity index (χ0v) is 15.6. The van der Waals surface area contributed by atoms with E-state index in [-0.39, 0.29) is 11.9 Å². The second-order valence-electron chi connectivity index (χ2n) is 6.96. The lowest BCUT2D eigenvalue weighted by molar-refractivity contribution is -0.119. The van der Waals surface area contributed by atoms with E-state index in [1.807, 2.05) is 60.7 Å². The highest BCUT2D eigenvalue weighted by atomic mass is 16.1. The van der Waals surface area contributed by atoms with Gasteiger partial charge in [0.1, 0.15) is 6.04 Å². The molecular formula is C25H22N2O. The summed E-state index contributed by atoms with van der Waals surface area (Å²) in [4.78, 5) is 13.7. The quantitative estimate of drug-likeness (QED) is 0.706. The van der Waals surface area contributed by atoms with Crippen LogP contribution < -0.4 is 10.6 Å². The zero-order chi connectivity index (χ0) is 19.3. The minimum absolute atomic E-state index is 0.199. The fourth-order valence-corrected chi connectivity index (χ4v) is 3.71. The molecule has 2 N–H and O–H groups in total. The number of nitrogens with two attached hydrogens (primary N) is 1. The number of benzene rings is 3. The first-order valence-electron chi connectivity index (χ1n) is 9.55. The van der Waals surface area contributed by atoms with E-state index in [0.29, 0.717) is 0 Å². The summed E-state index contributed by atoms with van der Waals surface area (Å²) in [6, 6.07) is 26.3. The van der Waals surface area contributed by atoms with E-state index < -0.39 is 0 Å². The summed E-state index contributed by atoms with van der Waals surface area (Å²) in [6.07, 6.45) is 1.82. The van der Waals surface area contributed by atoms with Crippen LogP contribution in [0.25, 0.3) is 11.1 Å². The number of amides is 1. The van der Waals surface area contributed by atoms with Gasteiger partial charge >= 0.3 is 0 Å². The predicted molar refractivity (Wildman–Crippen MR) is 114 cm³/mol. The SMILES string of the molecule is NC(=O)[C@H]1CCCN1c1ccc(C#Cc2ccccc2-c2ccccc2)cc1. The molecule has 1 saturated heterocycles. The Morgan fingerprint density at radius 3 is 2.36 bits per heavy atom. The summed E-state index contributed by atoms with van der Waals surface area (Å²) in [7, 11) is 0. The van der Waals surface area contributed by atoms with Crippen LogP contribution in [0.5, 0.6) is 0 Å². The summed E-state index contributed by atoms with van der Waals surface area (Å²) in [5.41, 5.74) is 10.8. The Kier molecular flexibility index (Phi) is 5.12. The molecule has 0 aromatic heterocycles. The number of primary amides is 1. The molecule has 0 unspecified atom stereocenters. The molecule has 28 heavy (non-hydrogen) atoms. The molecule has 0 saturated carbocycles. The monoisotopic (exact) mass is 366 g/mol. The van der Waals surface area contributed by atoms with Crippen LogP contribution in [0.2, 0.25) is 0 Å². The van der Waals surface area contributed by atoms with Gasteiger partial charge in [-0.25, -0.2) is 0 Å². The lowest BCUT2D eigenvalue weighted by Crippen LogP contribution is -2.40. The molecule has 0 spiro atoms. The molecule has 1 fully saturated rings. The standard InChI is InChI=1S/C25H22N2O/c26-25(28)24-11-6-18-27(24)22-16-13-19(14-17-22)12-15-21-9-4-5-10-23(21)20-7-2-1-3-8-20/h1-5,7-10,13-14,16-17,24H,6,11,18H2,(H2,26,28)/t24-/m1/s1. The molecule has 0 radical (unpaired) electrons. The van der Waals surface area contributed by atoms with Crippen LogP contribution in [0.4, 0.5) is 5.69 Å². The van der Waals surface area contributed by atoms with Crippen molar-refractivity contribution < 1.29 is 4.79 Å². The Bertz CT molecular complexity index is 1030. The maximum Gasteiger partial charge on any atom is 0.240 e. The van der Waals surface area contributed by atoms with Crippen LogP contribution in [0, 0.1) is 11.8 Å². The maximum atomic E-state index is 11.6. The van der Waals surface area contributed by atoms with Crippen LogP contribution >= 0.6 is 0 Å². The van der Waals surface area contributed by atoms with Crippen molar-refractivity contribution >= 4 is 11.6 Å². The Hall–Kier alpha value is -3.51. The Morgan fingerprint density at radius 1 is 0.893 bits per heavy atom. The van der Waals surface area contributed by atoms with E-state index in [1.165, 1.54) is 0 Å². The summed E-state index contributed by atoms with van der Waals surface area (Å²) in [6.45, 7) is 0.864. The van der Waals surface area contributed by atoms with Gasteiger partial charge in [0, 0.05) is 23.4 Å². The van der Waals surface area contributed by atoms with Crippen LogP contribution in [-0.4, -0.2) is 18.5 Å². The first kappa shape index (κ1) is 17.9. The number of hydrogen-bond donors (Lipinski definition) is 1. The van der Waals surface area contributed by atoms with Gasteiger partial charge in [-0.2, -0.15) is 0 Å². The molecule has 0 bridgehead atoms. The van der Waals surface area contributed by atoms with Gasteiger partial charge in [0.2, 0.25) is 5.91 Å². The minimum Gasteiger partial charge on any atom is -0.368 e. The van der Waals surface area contributed by atoms with Gasteiger partial charge in [-0.15, -0.1) is 0 Å². The molecule has 3 heteroatoms. The van der Waals surface area contributed by atoms with E-state index in [2.05, 4.69) is 34.9 Å². The van der Waals surface area contributed by atoms with Crippen LogP contribution in [0.3, 0.4) is 0 Å². The van der Waals surface area contributed by atoms with Crippen molar-refractivity contribution in [3.63, 3.8) is 0 Å². The topological polar surface area (TPSA) is 46.3 Å². The lowest BCUT2D eigenvalue weighted by atomic mass is 10.00. The van der Waals surface area contributed by atoms with Crippen molar-refractivity contribution in [1.82, 2.24) is 0 Å². The third kappa shape index (κ3) is 3.77. The molecule has 0 aliphatic carbocycles. The van der Waals surface area contributed by atoms with E-state index in [4.69, 9.17) is 5.73 Å². The van der Waals surface area contributed by atoms with Gasteiger partial charge < -0.3 is 10.6 Å². The highest BCUT2D eigenvalue weighted by Gasteiger charge is 2.28. The summed E-state index contributed by atoms with van der Waals surface area (Å²) in [5.74, 6) is 6.32. The molecule has 1 aliphatic heterocycles. The number of carbonyl (C=O) groups excluding carboxylic acids is 1. The molecule has 3 aromatic carbocycles. The number of anilines is 1. The van der Waals surface area contributed by atoms with Gasteiger partial charge in [0.05, 0.1) is 0 Å². The Balaban J connectivity index is 1.57. The second-order valence-corrected chi connectivity index (χ2v) is 6.96. The Labute approximate surface area is 165 Å². The van der Waals surface area contributed by atoms with Crippen molar-refractivity contribution in [2.24, 2.45) is 5.73 Å². The average molecular weight is 366 g/mol. The first-order chi connectivity index (χ1) is 13.7. The maximum absolute atomic E-state index is 11.6. The predicted octanol–water partition coefficient (Wildman–Crippen LogP) is 4.21. The summed E-state index contributed by atoms with van der Waals surface area (Å²) >= 11 is 0. The molecule has 4 rings (SSSR count). The normalized spacial score (nSPS) is 15.7. The van der Waals surface area contributed by atoms with E-state index in [1.54, 1.807) is 0 Å². The fourth-order valence-electron chi connectivity index (χ4n) is 3.71. The number of rotatable bonds is 3. The van der Waals surface area contributed by atoms with Crippen LogP contribution in [0.15, 0.2) is 78.9 Å².